The molecule has 2 aliphatic heterocycles. The second kappa shape index (κ2) is 2.07. The van der Waals surface area contributed by atoms with Crippen LogP contribution in [0.4, 0.5) is 0 Å². The van der Waals surface area contributed by atoms with Gasteiger partial charge in [-0.25, -0.2) is 0 Å². The van der Waals surface area contributed by atoms with Gasteiger partial charge in [0.25, 0.3) is 0 Å². The molecule has 2 bridgehead atoms. The first-order chi connectivity index (χ1) is 6.07. The Morgan fingerprint density at radius 3 is 2.85 bits per heavy atom. The predicted molar refractivity (Wildman–Crippen MR) is 43.9 cm³/mol. The summed E-state index contributed by atoms with van der Waals surface area (Å²) < 4.78 is 11.4. The van der Waals surface area contributed by atoms with Gasteiger partial charge < -0.3 is 14.8 Å². The van der Waals surface area contributed by atoms with E-state index in [9.17, 15) is 4.79 Å². The molecule has 1 aliphatic carbocycles. The lowest BCUT2D eigenvalue weighted by Gasteiger charge is -2.21. The second-order valence-electron chi connectivity index (χ2n) is 4.52. The monoisotopic (exact) mass is 183 g/mol. The Morgan fingerprint density at radius 1 is 1.38 bits per heavy atom. The van der Waals surface area contributed by atoms with E-state index < -0.39 is 5.79 Å². The largest absolute Gasteiger partial charge is 0.350 e. The highest BCUT2D eigenvalue weighted by Crippen LogP contribution is 2.44. The van der Waals surface area contributed by atoms with Crippen molar-refractivity contribution in [1.29, 1.82) is 0 Å². The molecular weight excluding hydrogens is 170 g/mol. The fourth-order valence-corrected chi connectivity index (χ4v) is 2.67. The van der Waals surface area contributed by atoms with Crippen molar-refractivity contribution in [3.05, 3.63) is 0 Å². The van der Waals surface area contributed by atoms with Gasteiger partial charge in [0.1, 0.15) is 12.2 Å². The van der Waals surface area contributed by atoms with Crippen molar-refractivity contribution in [1.82, 2.24) is 5.32 Å². The minimum Gasteiger partial charge on any atom is -0.350 e. The highest BCUT2D eigenvalue weighted by molar-refractivity contribution is 5.83. The van der Waals surface area contributed by atoms with E-state index in [2.05, 4.69) is 5.32 Å². The van der Waals surface area contributed by atoms with Gasteiger partial charge in [0.15, 0.2) is 5.79 Å². The van der Waals surface area contributed by atoms with Crippen molar-refractivity contribution < 1.29 is 14.3 Å². The van der Waals surface area contributed by atoms with E-state index in [0.29, 0.717) is 0 Å². The number of piperidine rings is 1. The van der Waals surface area contributed by atoms with Crippen LogP contribution in [0.5, 0.6) is 0 Å². The summed E-state index contributed by atoms with van der Waals surface area (Å²) >= 11 is 0. The van der Waals surface area contributed by atoms with Crippen molar-refractivity contribution in [3.63, 3.8) is 0 Å². The molecule has 0 spiro atoms. The third-order valence-corrected chi connectivity index (χ3v) is 3.13. The van der Waals surface area contributed by atoms with E-state index in [0.717, 1.165) is 6.42 Å². The molecule has 1 N–H and O–H groups in total. The van der Waals surface area contributed by atoms with E-state index in [1.165, 1.54) is 0 Å². The Morgan fingerprint density at radius 2 is 2.08 bits per heavy atom. The molecule has 2 saturated heterocycles. The van der Waals surface area contributed by atoms with Crippen molar-refractivity contribution in [2.45, 2.75) is 44.3 Å². The highest BCUT2D eigenvalue weighted by atomic mass is 16.8. The number of nitrogens with one attached hydrogen (secondary N) is 1. The predicted octanol–water partition coefficient (Wildman–Crippen LogP) is 0.0248. The van der Waals surface area contributed by atoms with Crippen LogP contribution in [-0.2, 0) is 14.3 Å². The van der Waals surface area contributed by atoms with Crippen LogP contribution in [-0.4, -0.2) is 29.9 Å². The van der Waals surface area contributed by atoms with Gasteiger partial charge in [-0.3, -0.25) is 4.79 Å². The molecular formula is C9H13NO3. The smallest absolute Gasteiger partial charge is 0.226 e. The van der Waals surface area contributed by atoms with Gasteiger partial charge in [-0.1, -0.05) is 0 Å². The molecule has 4 heteroatoms. The zero-order chi connectivity index (χ0) is 9.22. The van der Waals surface area contributed by atoms with Crippen LogP contribution in [0.2, 0.25) is 0 Å². The molecule has 3 aliphatic rings. The Labute approximate surface area is 76.6 Å². The molecule has 4 nitrogen and oxygen atoms in total. The summed E-state index contributed by atoms with van der Waals surface area (Å²) in [6, 6.07) is 0.185. The van der Waals surface area contributed by atoms with Crippen LogP contribution >= 0.6 is 0 Å². The van der Waals surface area contributed by atoms with Crippen LogP contribution in [0.3, 0.4) is 0 Å². The SMILES string of the molecule is CC1(C)O[C@@H]2[C@H](O1)[C@H]1C[C@@H]2NC1=O. The van der Waals surface area contributed by atoms with Crippen molar-refractivity contribution in [2.24, 2.45) is 5.92 Å². The van der Waals surface area contributed by atoms with E-state index in [1.54, 1.807) is 0 Å². The fraction of sp³-hybridized carbons (Fsp3) is 0.889. The van der Waals surface area contributed by atoms with E-state index in [4.69, 9.17) is 9.47 Å². The first-order valence-electron chi connectivity index (χ1n) is 4.73. The quantitative estimate of drug-likeness (QED) is 0.576. The summed E-state index contributed by atoms with van der Waals surface area (Å²) in [6.45, 7) is 3.80. The standard InChI is InChI=1S/C9H13NO3/c1-9(2)12-6-4-3-5(7(6)13-9)10-8(4)11/h4-7H,3H2,1-2H3,(H,10,11)/t4-,5+,6-,7+/m1/s1. The summed E-state index contributed by atoms with van der Waals surface area (Å²) in [4.78, 5) is 11.3. The van der Waals surface area contributed by atoms with Crippen LogP contribution in [0.25, 0.3) is 0 Å². The molecule has 0 aromatic rings. The Balaban J connectivity index is 1.91. The number of ether oxygens (including phenoxy) is 2. The zero-order valence-electron chi connectivity index (χ0n) is 7.74. The van der Waals surface area contributed by atoms with Crippen LogP contribution < -0.4 is 5.32 Å². The number of hydrogen-bond acceptors (Lipinski definition) is 3. The third-order valence-electron chi connectivity index (χ3n) is 3.13. The van der Waals surface area contributed by atoms with Crippen LogP contribution in [0.1, 0.15) is 20.3 Å². The average molecular weight is 183 g/mol. The lowest BCUT2D eigenvalue weighted by atomic mass is 10.0. The van der Waals surface area contributed by atoms with E-state index in [-0.39, 0.29) is 30.1 Å². The molecule has 0 unspecified atom stereocenters. The zero-order valence-corrected chi connectivity index (χ0v) is 7.74. The van der Waals surface area contributed by atoms with Gasteiger partial charge in [-0.2, -0.15) is 0 Å². The molecule has 0 aromatic carbocycles. The van der Waals surface area contributed by atoms with Crippen LogP contribution in [0.15, 0.2) is 0 Å². The molecule has 4 atom stereocenters. The maximum atomic E-state index is 11.3. The molecule has 0 aromatic heterocycles. The molecule has 1 saturated carbocycles. The van der Waals surface area contributed by atoms with Gasteiger partial charge >= 0.3 is 0 Å². The van der Waals surface area contributed by atoms with Crippen molar-refractivity contribution >= 4 is 5.91 Å². The topological polar surface area (TPSA) is 47.6 Å². The number of hydrogen-bond donors (Lipinski definition) is 1. The number of carbonyl (C=O) groups is 1. The van der Waals surface area contributed by atoms with Crippen molar-refractivity contribution in [2.75, 3.05) is 0 Å². The first kappa shape index (κ1) is 7.76. The highest BCUT2D eigenvalue weighted by Gasteiger charge is 2.60. The van der Waals surface area contributed by atoms with E-state index >= 15 is 0 Å². The van der Waals surface area contributed by atoms with Gasteiger partial charge in [0, 0.05) is 0 Å². The van der Waals surface area contributed by atoms with Gasteiger partial charge in [0.05, 0.1) is 12.0 Å². The first-order valence-corrected chi connectivity index (χ1v) is 4.73. The van der Waals surface area contributed by atoms with Crippen LogP contribution in [0, 0.1) is 5.92 Å². The number of amides is 1. The normalized spacial score (nSPS) is 50.8. The maximum absolute atomic E-state index is 11.3. The number of rotatable bonds is 0. The molecule has 1 amide bonds. The fourth-order valence-electron chi connectivity index (χ4n) is 2.67. The molecule has 13 heavy (non-hydrogen) atoms. The molecule has 0 radical (unpaired) electrons. The Kier molecular flexibility index (Phi) is 1.23. The minimum absolute atomic E-state index is 0.00579. The summed E-state index contributed by atoms with van der Waals surface area (Å²) in [5, 5.41) is 2.92. The maximum Gasteiger partial charge on any atom is 0.226 e. The average Bonchev–Trinajstić information content (AvgIpc) is 2.56. The lowest BCUT2D eigenvalue weighted by molar-refractivity contribution is -0.155. The van der Waals surface area contributed by atoms with Gasteiger partial charge in [0.2, 0.25) is 5.91 Å². The third kappa shape index (κ3) is 0.901. The van der Waals surface area contributed by atoms with Gasteiger partial charge in [-0.05, 0) is 20.3 Å². The van der Waals surface area contributed by atoms with Crippen molar-refractivity contribution in [3.8, 4) is 0 Å². The molecule has 3 rings (SSSR count). The van der Waals surface area contributed by atoms with E-state index in [1.807, 2.05) is 13.8 Å². The Bertz CT molecular complexity index is 276. The summed E-state index contributed by atoms with van der Waals surface area (Å²) in [7, 11) is 0. The second-order valence-corrected chi connectivity index (χ2v) is 4.52. The Hall–Kier alpha value is -0.610. The van der Waals surface area contributed by atoms with Gasteiger partial charge in [-0.15, -0.1) is 0 Å². The molecule has 2 heterocycles. The summed E-state index contributed by atoms with van der Waals surface area (Å²) in [5.74, 6) is -0.359. The summed E-state index contributed by atoms with van der Waals surface area (Å²) in [6.07, 6.45) is 0.955. The minimum atomic E-state index is -0.515. The molecule has 72 valence electrons. The number of fused-ring (bicyclic) bond motifs is 5. The lowest BCUT2D eigenvalue weighted by Crippen LogP contribution is -2.47. The molecule has 3 fully saturated rings. The summed E-state index contributed by atoms with van der Waals surface area (Å²) in [5.41, 5.74) is 0. The number of carbonyl (C=O) groups excluding carboxylic acids is 1.